The Morgan fingerprint density at radius 1 is 1.17 bits per heavy atom. The third-order valence-electron chi connectivity index (χ3n) is 4.42. The number of carbonyl (C=O) groups excluding carboxylic acids is 1. The fourth-order valence-electron chi connectivity index (χ4n) is 3.17. The summed E-state index contributed by atoms with van der Waals surface area (Å²) in [6.07, 6.45) is 6.54. The smallest absolute Gasteiger partial charge is 0.273 e. The first-order valence-corrected chi connectivity index (χ1v) is 8.07. The van der Waals surface area contributed by atoms with Crippen LogP contribution < -0.4 is 0 Å². The molecule has 120 valence electrons. The van der Waals surface area contributed by atoms with E-state index in [2.05, 4.69) is 28.2 Å². The molecule has 0 fully saturated rings. The normalized spacial score (nSPS) is 14.7. The van der Waals surface area contributed by atoms with Crippen LogP contribution in [0.4, 0.5) is 0 Å². The summed E-state index contributed by atoms with van der Waals surface area (Å²) in [6.45, 7) is 3.19. The zero-order valence-corrected chi connectivity index (χ0v) is 13.5. The number of amides is 1. The van der Waals surface area contributed by atoms with Crippen molar-refractivity contribution in [3.8, 4) is 0 Å². The van der Waals surface area contributed by atoms with Crippen molar-refractivity contribution < 1.29 is 4.79 Å². The number of nitrogens with zero attached hydrogens (tertiary/aromatic N) is 4. The minimum Gasteiger partial charge on any atom is -0.333 e. The average Bonchev–Trinajstić information content (AvgIpc) is 2.98. The average molecular weight is 318 g/mol. The van der Waals surface area contributed by atoms with E-state index in [9.17, 15) is 4.79 Å². The number of benzene rings is 1. The molecule has 0 bridgehead atoms. The van der Waals surface area contributed by atoms with Gasteiger partial charge < -0.3 is 4.90 Å². The van der Waals surface area contributed by atoms with Crippen LogP contribution in [0.5, 0.6) is 0 Å². The van der Waals surface area contributed by atoms with Gasteiger partial charge in [0.1, 0.15) is 5.69 Å². The number of fused-ring (bicyclic) bond motifs is 1. The molecule has 1 aliphatic heterocycles. The van der Waals surface area contributed by atoms with Gasteiger partial charge in [-0.2, -0.15) is 0 Å². The number of hydrogen-bond acceptors (Lipinski definition) is 3. The summed E-state index contributed by atoms with van der Waals surface area (Å²) in [7, 11) is 0. The van der Waals surface area contributed by atoms with E-state index in [1.807, 2.05) is 42.3 Å². The number of aryl methyl sites for hydroxylation is 1. The predicted octanol–water partition coefficient (Wildman–Crippen LogP) is 2.97. The third-order valence-corrected chi connectivity index (χ3v) is 4.42. The Labute approximate surface area is 140 Å². The molecule has 1 aromatic carbocycles. The highest BCUT2D eigenvalue weighted by atomic mass is 16.2. The lowest BCUT2D eigenvalue weighted by molar-refractivity contribution is 0.0765. The van der Waals surface area contributed by atoms with E-state index >= 15 is 0 Å². The highest BCUT2D eigenvalue weighted by molar-refractivity contribution is 5.95. The fraction of sp³-hybridized carbons (Fsp3) is 0.211. The van der Waals surface area contributed by atoms with Crippen molar-refractivity contribution >= 4 is 17.3 Å². The van der Waals surface area contributed by atoms with Crippen molar-refractivity contribution in [2.24, 2.45) is 0 Å². The van der Waals surface area contributed by atoms with Gasteiger partial charge in [-0.15, -0.1) is 0 Å². The van der Waals surface area contributed by atoms with Crippen LogP contribution in [0.1, 0.15) is 28.2 Å². The lowest BCUT2D eigenvalue weighted by Crippen LogP contribution is -2.35. The van der Waals surface area contributed by atoms with Crippen LogP contribution in [0, 0.1) is 6.92 Å². The summed E-state index contributed by atoms with van der Waals surface area (Å²) in [6, 6.07) is 12.1. The Hall–Kier alpha value is -2.95. The van der Waals surface area contributed by atoms with Crippen LogP contribution in [0.3, 0.4) is 0 Å². The Morgan fingerprint density at radius 2 is 2.00 bits per heavy atom. The van der Waals surface area contributed by atoms with E-state index in [0.717, 1.165) is 12.1 Å². The quantitative estimate of drug-likeness (QED) is 0.730. The second-order valence-corrected chi connectivity index (χ2v) is 5.93. The van der Waals surface area contributed by atoms with Gasteiger partial charge >= 0.3 is 0 Å². The SMILES string of the molecule is Cc1nc2ncccn2c1C(=O)N1CC=C(c2ccccc2)CC1. The summed E-state index contributed by atoms with van der Waals surface area (Å²) < 4.78 is 1.77. The van der Waals surface area contributed by atoms with Gasteiger partial charge in [0, 0.05) is 25.5 Å². The number of aromatic nitrogens is 3. The molecule has 4 rings (SSSR count). The summed E-state index contributed by atoms with van der Waals surface area (Å²) in [5.41, 5.74) is 3.86. The molecule has 3 aromatic rings. The highest BCUT2D eigenvalue weighted by Crippen LogP contribution is 2.23. The largest absolute Gasteiger partial charge is 0.333 e. The van der Waals surface area contributed by atoms with Crippen LogP contribution in [0.2, 0.25) is 0 Å². The monoisotopic (exact) mass is 318 g/mol. The molecule has 1 aliphatic rings. The van der Waals surface area contributed by atoms with Gasteiger partial charge in [-0.05, 0) is 30.5 Å². The molecule has 0 radical (unpaired) electrons. The summed E-state index contributed by atoms with van der Waals surface area (Å²) >= 11 is 0. The molecule has 0 saturated heterocycles. The van der Waals surface area contributed by atoms with Gasteiger partial charge in [-0.1, -0.05) is 36.4 Å². The van der Waals surface area contributed by atoms with Crippen molar-refractivity contribution in [3.05, 3.63) is 71.8 Å². The molecule has 0 saturated carbocycles. The maximum Gasteiger partial charge on any atom is 0.273 e. The number of hydrogen-bond donors (Lipinski definition) is 0. The van der Waals surface area contributed by atoms with Crippen LogP contribution in [-0.2, 0) is 0 Å². The zero-order chi connectivity index (χ0) is 16.5. The van der Waals surface area contributed by atoms with Crippen LogP contribution in [0.15, 0.2) is 54.9 Å². The Balaban J connectivity index is 1.60. The lowest BCUT2D eigenvalue weighted by Gasteiger charge is -2.26. The second kappa shape index (κ2) is 5.92. The number of carbonyl (C=O) groups is 1. The van der Waals surface area contributed by atoms with Crippen molar-refractivity contribution in [2.45, 2.75) is 13.3 Å². The van der Waals surface area contributed by atoms with Crippen molar-refractivity contribution in [1.82, 2.24) is 19.3 Å². The molecule has 5 nitrogen and oxygen atoms in total. The van der Waals surface area contributed by atoms with Gasteiger partial charge in [0.2, 0.25) is 5.78 Å². The summed E-state index contributed by atoms with van der Waals surface area (Å²) in [4.78, 5) is 23.4. The van der Waals surface area contributed by atoms with E-state index in [-0.39, 0.29) is 5.91 Å². The first-order chi connectivity index (χ1) is 11.7. The van der Waals surface area contributed by atoms with E-state index in [4.69, 9.17) is 0 Å². The molecule has 0 spiro atoms. The second-order valence-electron chi connectivity index (χ2n) is 5.93. The Bertz CT molecular complexity index is 927. The van der Waals surface area contributed by atoms with Gasteiger partial charge in [-0.3, -0.25) is 9.20 Å². The van der Waals surface area contributed by atoms with Crippen LogP contribution in [-0.4, -0.2) is 38.3 Å². The van der Waals surface area contributed by atoms with Gasteiger partial charge in [0.05, 0.1) is 5.69 Å². The lowest BCUT2D eigenvalue weighted by atomic mass is 9.99. The molecule has 0 unspecified atom stereocenters. The first kappa shape index (κ1) is 14.6. The topological polar surface area (TPSA) is 50.5 Å². The maximum absolute atomic E-state index is 12.9. The molecule has 24 heavy (non-hydrogen) atoms. The van der Waals surface area contributed by atoms with Gasteiger partial charge in [0.15, 0.2) is 0 Å². The summed E-state index contributed by atoms with van der Waals surface area (Å²) in [5, 5.41) is 0. The fourth-order valence-corrected chi connectivity index (χ4v) is 3.17. The maximum atomic E-state index is 12.9. The molecule has 0 N–H and O–H groups in total. The third kappa shape index (κ3) is 2.48. The van der Waals surface area contributed by atoms with Crippen LogP contribution in [0.25, 0.3) is 11.4 Å². The highest BCUT2D eigenvalue weighted by Gasteiger charge is 2.24. The van der Waals surface area contributed by atoms with Gasteiger partial charge in [0.25, 0.3) is 5.91 Å². The molecule has 0 aliphatic carbocycles. The number of rotatable bonds is 2. The molecule has 5 heteroatoms. The molecule has 2 aromatic heterocycles. The minimum atomic E-state index is 0.0105. The van der Waals surface area contributed by atoms with Gasteiger partial charge in [-0.25, -0.2) is 9.97 Å². The van der Waals surface area contributed by atoms with E-state index in [1.165, 1.54) is 11.1 Å². The molecule has 1 amide bonds. The van der Waals surface area contributed by atoms with Crippen molar-refractivity contribution in [2.75, 3.05) is 13.1 Å². The molecule has 3 heterocycles. The molecular formula is C19H18N4O. The van der Waals surface area contributed by atoms with Crippen molar-refractivity contribution in [1.29, 1.82) is 0 Å². The van der Waals surface area contributed by atoms with Crippen LogP contribution >= 0.6 is 0 Å². The molecule has 0 atom stereocenters. The van der Waals surface area contributed by atoms with E-state index in [1.54, 1.807) is 10.6 Å². The standard InChI is InChI=1S/C19H18N4O/c1-14-17(23-11-5-10-20-19(23)21-14)18(24)22-12-8-16(9-13-22)15-6-3-2-4-7-15/h2-8,10-11H,9,12-13H2,1H3. The minimum absolute atomic E-state index is 0.0105. The predicted molar refractivity (Wildman–Crippen MR) is 92.7 cm³/mol. The Morgan fingerprint density at radius 3 is 2.75 bits per heavy atom. The number of imidazole rings is 1. The van der Waals surface area contributed by atoms with E-state index < -0.39 is 0 Å². The Kier molecular flexibility index (Phi) is 3.61. The zero-order valence-electron chi connectivity index (χ0n) is 13.5. The van der Waals surface area contributed by atoms with E-state index in [0.29, 0.717) is 24.6 Å². The summed E-state index contributed by atoms with van der Waals surface area (Å²) in [5.74, 6) is 0.576. The van der Waals surface area contributed by atoms with Crippen molar-refractivity contribution in [3.63, 3.8) is 0 Å². The molecular weight excluding hydrogens is 300 g/mol. The first-order valence-electron chi connectivity index (χ1n) is 8.07.